The monoisotopic (exact) mass is 296 g/mol. The second-order valence-corrected chi connectivity index (χ2v) is 6.26. The summed E-state index contributed by atoms with van der Waals surface area (Å²) in [5, 5.41) is 17.4. The molecule has 0 saturated heterocycles. The summed E-state index contributed by atoms with van der Waals surface area (Å²) in [6, 6.07) is 8.13. The zero-order chi connectivity index (χ0) is 15.2. The molecule has 1 aromatic carbocycles. The molecule has 0 atom stereocenters. The van der Waals surface area contributed by atoms with Crippen molar-refractivity contribution >= 4 is 16.0 Å². The second kappa shape index (κ2) is 7.03. The molecule has 20 heavy (non-hydrogen) atoms. The molecule has 0 aromatic heterocycles. The molecule has 0 aliphatic rings. The second-order valence-electron chi connectivity index (χ2n) is 4.29. The lowest BCUT2D eigenvalue weighted by molar-refractivity contribution is -0.137. The Balaban J connectivity index is 2.90. The minimum absolute atomic E-state index is 0.172. The summed E-state index contributed by atoms with van der Waals surface area (Å²) in [6.07, 6.45) is 0.542. The minimum Gasteiger partial charge on any atom is -0.480 e. The van der Waals surface area contributed by atoms with E-state index in [1.807, 2.05) is 6.07 Å². The van der Waals surface area contributed by atoms with Crippen LogP contribution in [0.15, 0.2) is 24.3 Å². The summed E-state index contributed by atoms with van der Waals surface area (Å²) in [5.41, 5.74) is 0.970. The number of carbonyl (C=O) groups is 1. The third-order valence-electron chi connectivity index (χ3n) is 2.61. The van der Waals surface area contributed by atoms with Gasteiger partial charge in [0.1, 0.15) is 6.54 Å². The number of nitriles is 1. The van der Waals surface area contributed by atoms with E-state index in [1.54, 1.807) is 19.1 Å². The molecular weight excluding hydrogens is 280 g/mol. The van der Waals surface area contributed by atoms with Gasteiger partial charge in [-0.3, -0.25) is 4.79 Å². The first-order chi connectivity index (χ1) is 9.39. The molecule has 7 heteroatoms. The van der Waals surface area contributed by atoms with Gasteiger partial charge in [0.15, 0.2) is 0 Å². The first-order valence-corrected chi connectivity index (χ1v) is 7.68. The normalized spacial score (nSPS) is 11.2. The van der Waals surface area contributed by atoms with Gasteiger partial charge in [-0.05, 0) is 24.1 Å². The van der Waals surface area contributed by atoms with Crippen molar-refractivity contribution in [2.24, 2.45) is 0 Å². The van der Waals surface area contributed by atoms with Crippen molar-refractivity contribution in [3.63, 3.8) is 0 Å². The first kappa shape index (κ1) is 16.1. The molecule has 0 fully saturated rings. The van der Waals surface area contributed by atoms with Crippen LogP contribution in [-0.4, -0.2) is 36.9 Å². The molecular formula is C13H16N2O4S. The molecule has 6 nitrogen and oxygen atoms in total. The van der Waals surface area contributed by atoms with Crippen LogP contribution < -0.4 is 0 Å². The van der Waals surface area contributed by atoms with E-state index in [2.05, 4.69) is 0 Å². The first-order valence-electron chi connectivity index (χ1n) is 6.07. The standard InChI is InChI=1S/C13H16N2O4S/c1-2-7-15(9-13(16)17)20(18,19)10-12-5-3-11(8-14)4-6-12/h3-6H,2,7,9-10H2,1H3,(H,16,17). The molecule has 0 spiro atoms. The number of rotatable bonds is 7. The molecule has 0 heterocycles. The Morgan fingerprint density at radius 2 is 1.95 bits per heavy atom. The molecule has 1 rings (SSSR count). The number of carboxylic acids is 1. The fraction of sp³-hybridized carbons (Fsp3) is 0.385. The summed E-state index contributed by atoms with van der Waals surface area (Å²) in [6.45, 7) is 1.42. The van der Waals surface area contributed by atoms with Gasteiger partial charge in [0.25, 0.3) is 0 Å². The highest BCUT2D eigenvalue weighted by Gasteiger charge is 2.23. The third kappa shape index (κ3) is 4.64. The number of nitrogens with zero attached hydrogens (tertiary/aromatic N) is 2. The highest BCUT2D eigenvalue weighted by atomic mass is 32.2. The largest absolute Gasteiger partial charge is 0.480 e. The molecule has 108 valence electrons. The molecule has 0 saturated carbocycles. The number of sulfonamides is 1. The Hall–Kier alpha value is -1.91. The Labute approximate surface area is 118 Å². The Bertz CT molecular complexity index is 602. The van der Waals surface area contributed by atoms with Gasteiger partial charge in [-0.2, -0.15) is 9.57 Å². The van der Waals surface area contributed by atoms with Crippen LogP contribution in [0.5, 0.6) is 0 Å². The predicted octanol–water partition coefficient (Wildman–Crippen LogP) is 1.18. The zero-order valence-electron chi connectivity index (χ0n) is 11.1. The summed E-state index contributed by atoms with van der Waals surface area (Å²) in [4.78, 5) is 10.7. The van der Waals surface area contributed by atoms with Crippen molar-refractivity contribution in [2.75, 3.05) is 13.1 Å². The predicted molar refractivity (Wildman–Crippen MR) is 73.3 cm³/mol. The van der Waals surface area contributed by atoms with Crippen LogP contribution in [0.3, 0.4) is 0 Å². The number of aliphatic carboxylic acids is 1. The lowest BCUT2D eigenvalue weighted by Gasteiger charge is -2.19. The number of hydrogen-bond acceptors (Lipinski definition) is 4. The van der Waals surface area contributed by atoms with Gasteiger partial charge in [-0.25, -0.2) is 8.42 Å². The lowest BCUT2D eigenvalue weighted by atomic mass is 10.2. The van der Waals surface area contributed by atoms with E-state index in [9.17, 15) is 13.2 Å². The van der Waals surface area contributed by atoms with Gasteiger partial charge < -0.3 is 5.11 Å². The molecule has 0 aliphatic heterocycles. The van der Waals surface area contributed by atoms with Gasteiger partial charge in [-0.15, -0.1) is 0 Å². The van der Waals surface area contributed by atoms with Crippen LogP contribution in [0.2, 0.25) is 0 Å². The highest BCUT2D eigenvalue weighted by Crippen LogP contribution is 2.12. The van der Waals surface area contributed by atoms with Crippen LogP contribution in [-0.2, 0) is 20.6 Å². The van der Waals surface area contributed by atoms with Gasteiger partial charge >= 0.3 is 5.97 Å². The van der Waals surface area contributed by atoms with Crippen molar-refractivity contribution < 1.29 is 18.3 Å². The Morgan fingerprint density at radius 1 is 1.35 bits per heavy atom. The van der Waals surface area contributed by atoms with Crippen molar-refractivity contribution in [2.45, 2.75) is 19.1 Å². The van der Waals surface area contributed by atoms with Gasteiger partial charge in [0, 0.05) is 6.54 Å². The van der Waals surface area contributed by atoms with E-state index in [0.717, 1.165) is 4.31 Å². The van der Waals surface area contributed by atoms with E-state index < -0.39 is 22.5 Å². The van der Waals surface area contributed by atoms with Crippen LogP contribution >= 0.6 is 0 Å². The number of hydrogen-bond donors (Lipinski definition) is 1. The fourth-order valence-corrected chi connectivity index (χ4v) is 3.26. The molecule has 0 amide bonds. The quantitative estimate of drug-likeness (QED) is 0.814. The number of benzene rings is 1. The van der Waals surface area contributed by atoms with Crippen molar-refractivity contribution in [3.8, 4) is 6.07 Å². The van der Waals surface area contributed by atoms with E-state index in [0.29, 0.717) is 17.5 Å². The van der Waals surface area contributed by atoms with Crippen molar-refractivity contribution in [1.82, 2.24) is 4.31 Å². The minimum atomic E-state index is -3.68. The average molecular weight is 296 g/mol. The van der Waals surface area contributed by atoms with Crippen molar-refractivity contribution in [3.05, 3.63) is 35.4 Å². The highest BCUT2D eigenvalue weighted by molar-refractivity contribution is 7.88. The fourth-order valence-electron chi connectivity index (χ4n) is 1.69. The van der Waals surface area contributed by atoms with Crippen LogP contribution in [0, 0.1) is 11.3 Å². The van der Waals surface area contributed by atoms with E-state index in [-0.39, 0.29) is 12.3 Å². The molecule has 0 aliphatic carbocycles. The maximum atomic E-state index is 12.2. The Kier molecular flexibility index (Phi) is 5.67. The summed E-state index contributed by atoms with van der Waals surface area (Å²) < 4.78 is 25.3. The summed E-state index contributed by atoms with van der Waals surface area (Å²) in [7, 11) is -3.68. The summed E-state index contributed by atoms with van der Waals surface area (Å²) >= 11 is 0. The smallest absolute Gasteiger partial charge is 0.318 e. The molecule has 0 radical (unpaired) electrons. The topological polar surface area (TPSA) is 98.5 Å². The molecule has 0 bridgehead atoms. The average Bonchev–Trinajstić information content (AvgIpc) is 2.38. The Morgan fingerprint density at radius 3 is 2.40 bits per heavy atom. The van der Waals surface area contributed by atoms with Gasteiger partial charge in [0.05, 0.1) is 17.4 Å². The van der Waals surface area contributed by atoms with Crippen molar-refractivity contribution in [1.29, 1.82) is 5.26 Å². The van der Waals surface area contributed by atoms with Gasteiger partial charge in [0.2, 0.25) is 10.0 Å². The van der Waals surface area contributed by atoms with Gasteiger partial charge in [-0.1, -0.05) is 19.1 Å². The van der Waals surface area contributed by atoms with E-state index in [4.69, 9.17) is 10.4 Å². The maximum Gasteiger partial charge on any atom is 0.318 e. The zero-order valence-corrected chi connectivity index (χ0v) is 11.9. The van der Waals surface area contributed by atoms with Crippen LogP contribution in [0.25, 0.3) is 0 Å². The SMILES string of the molecule is CCCN(CC(=O)O)S(=O)(=O)Cc1ccc(C#N)cc1. The van der Waals surface area contributed by atoms with Crippen LogP contribution in [0.4, 0.5) is 0 Å². The lowest BCUT2D eigenvalue weighted by Crippen LogP contribution is -2.37. The molecule has 1 N–H and O–H groups in total. The van der Waals surface area contributed by atoms with Crippen LogP contribution in [0.1, 0.15) is 24.5 Å². The van der Waals surface area contributed by atoms with E-state index >= 15 is 0 Å². The molecule has 0 unspecified atom stereocenters. The number of carboxylic acid groups (broad SMARTS) is 1. The summed E-state index contributed by atoms with van der Waals surface area (Å²) in [5.74, 6) is -1.45. The third-order valence-corrected chi connectivity index (χ3v) is 4.41. The molecule has 1 aromatic rings. The van der Waals surface area contributed by atoms with E-state index in [1.165, 1.54) is 12.1 Å². The maximum absolute atomic E-state index is 12.2.